The summed E-state index contributed by atoms with van der Waals surface area (Å²) in [5.41, 5.74) is 8.76. The molecule has 0 saturated heterocycles. The van der Waals surface area contributed by atoms with Gasteiger partial charge in [0.05, 0.1) is 5.69 Å². The first-order chi connectivity index (χ1) is 8.72. The van der Waals surface area contributed by atoms with Crippen LogP contribution in [0.15, 0.2) is 35.1 Å². The van der Waals surface area contributed by atoms with E-state index in [-0.39, 0.29) is 0 Å². The molecule has 1 aromatic carbocycles. The van der Waals surface area contributed by atoms with Crippen LogP contribution in [0, 0.1) is 0 Å². The second kappa shape index (κ2) is 4.26. The molecule has 0 unspecified atom stereocenters. The quantitative estimate of drug-likeness (QED) is 0.765. The van der Waals surface area contributed by atoms with Crippen molar-refractivity contribution in [3.63, 3.8) is 0 Å². The van der Waals surface area contributed by atoms with Gasteiger partial charge in [-0.1, -0.05) is 18.2 Å². The number of para-hydroxylation sites is 1. The highest BCUT2D eigenvalue weighted by molar-refractivity contribution is 9.10. The van der Waals surface area contributed by atoms with Gasteiger partial charge in [-0.05, 0) is 22.0 Å². The maximum atomic E-state index is 5.69. The molecule has 18 heavy (non-hydrogen) atoms. The Morgan fingerprint density at radius 1 is 1.39 bits per heavy atom. The number of halogens is 1. The number of H-pyrrole nitrogens is 1. The van der Waals surface area contributed by atoms with Crippen molar-refractivity contribution >= 4 is 26.8 Å². The molecule has 2 heterocycles. The minimum atomic E-state index is 0.427. The third-order valence-corrected chi connectivity index (χ3v) is 4.10. The lowest BCUT2D eigenvalue weighted by molar-refractivity contribution is 0.894. The van der Waals surface area contributed by atoms with Gasteiger partial charge in [0, 0.05) is 36.3 Å². The Kier molecular flexibility index (Phi) is 2.72. The summed E-state index contributed by atoms with van der Waals surface area (Å²) in [5, 5.41) is 1.17. The fraction of sp³-hybridized carbons (Fsp3) is 0.154. The molecule has 5 heteroatoms. The molecule has 2 aromatic heterocycles. The van der Waals surface area contributed by atoms with Gasteiger partial charge in [-0.25, -0.2) is 4.98 Å². The molecule has 0 aliphatic carbocycles. The van der Waals surface area contributed by atoms with Crippen molar-refractivity contribution in [2.24, 2.45) is 12.8 Å². The highest BCUT2D eigenvalue weighted by Crippen LogP contribution is 2.30. The second-order valence-corrected chi connectivity index (χ2v) is 4.94. The Balaban J connectivity index is 2.26. The summed E-state index contributed by atoms with van der Waals surface area (Å²) in [6, 6.07) is 8.19. The van der Waals surface area contributed by atoms with Crippen molar-refractivity contribution < 1.29 is 0 Å². The topological polar surface area (TPSA) is 59.6 Å². The highest BCUT2D eigenvalue weighted by Gasteiger charge is 2.15. The predicted octanol–water partition coefficient (Wildman–Crippen LogP) is 2.79. The first kappa shape index (κ1) is 11.5. The van der Waals surface area contributed by atoms with Crippen LogP contribution in [0.5, 0.6) is 0 Å². The summed E-state index contributed by atoms with van der Waals surface area (Å²) in [7, 11) is 1.98. The van der Waals surface area contributed by atoms with Gasteiger partial charge in [0.1, 0.15) is 10.4 Å². The number of hydrogen-bond acceptors (Lipinski definition) is 2. The number of aromatic nitrogens is 3. The zero-order chi connectivity index (χ0) is 12.7. The fourth-order valence-corrected chi connectivity index (χ4v) is 2.58. The number of aromatic amines is 1. The first-order valence-corrected chi connectivity index (χ1v) is 6.49. The maximum absolute atomic E-state index is 5.69. The molecular weight excluding hydrogens is 292 g/mol. The van der Waals surface area contributed by atoms with Gasteiger partial charge in [0.2, 0.25) is 0 Å². The van der Waals surface area contributed by atoms with Crippen LogP contribution in [0.25, 0.3) is 22.3 Å². The summed E-state index contributed by atoms with van der Waals surface area (Å²) in [5.74, 6) is 0.916. The minimum absolute atomic E-state index is 0.427. The predicted molar refractivity (Wildman–Crippen MR) is 76.1 cm³/mol. The molecule has 0 amide bonds. The SMILES string of the molecule is Cn1c(-c2c[nH]c3ccccc23)nc(CN)c1Br. The van der Waals surface area contributed by atoms with Crippen LogP contribution in [0.1, 0.15) is 5.69 Å². The standard InChI is InChI=1S/C13H13BrN4/c1-18-12(14)11(6-15)17-13(18)9-7-16-10-5-3-2-4-8(9)10/h2-5,7,16H,6,15H2,1H3. The van der Waals surface area contributed by atoms with Crippen LogP contribution in [0.2, 0.25) is 0 Å². The molecule has 0 aliphatic rings. The van der Waals surface area contributed by atoms with Gasteiger partial charge < -0.3 is 15.3 Å². The van der Waals surface area contributed by atoms with Crippen LogP contribution >= 0.6 is 15.9 Å². The molecule has 3 N–H and O–H groups in total. The third-order valence-electron chi connectivity index (χ3n) is 3.11. The largest absolute Gasteiger partial charge is 0.360 e. The average Bonchev–Trinajstić information content (AvgIpc) is 2.93. The molecular formula is C13H13BrN4. The second-order valence-electron chi connectivity index (χ2n) is 4.18. The summed E-state index contributed by atoms with van der Waals surface area (Å²) in [6.45, 7) is 0.427. The Hall–Kier alpha value is -1.59. The molecule has 0 saturated carbocycles. The Labute approximate surface area is 113 Å². The van der Waals surface area contributed by atoms with E-state index in [1.54, 1.807) is 0 Å². The third kappa shape index (κ3) is 1.59. The smallest absolute Gasteiger partial charge is 0.143 e. The normalized spacial score (nSPS) is 11.3. The van der Waals surface area contributed by atoms with E-state index in [0.717, 1.165) is 27.2 Å². The molecule has 92 valence electrons. The van der Waals surface area contributed by atoms with Gasteiger partial charge in [0.15, 0.2) is 0 Å². The van der Waals surface area contributed by atoms with E-state index in [1.807, 2.05) is 29.9 Å². The van der Waals surface area contributed by atoms with Crippen LogP contribution in [0.3, 0.4) is 0 Å². The van der Waals surface area contributed by atoms with Crippen molar-refractivity contribution in [2.45, 2.75) is 6.54 Å². The van der Waals surface area contributed by atoms with Gasteiger partial charge >= 0.3 is 0 Å². The van der Waals surface area contributed by atoms with E-state index in [1.165, 1.54) is 5.39 Å². The van der Waals surface area contributed by atoms with Crippen LogP contribution in [-0.4, -0.2) is 14.5 Å². The number of nitrogens with one attached hydrogen (secondary N) is 1. The fourth-order valence-electron chi connectivity index (χ4n) is 2.16. The Bertz CT molecular complexity index is 711. The highest BCUT2D eigenvalue weighted by atomic mass is 79.9. The van der Waals surface area contributed by atoms with E-state index in [4.69, 9.17) is 5.73 Å². The molecule has 0 fully saturated rings. The monoisotopic (exact) mass is 304 g/mol. The number of hydrogen-bond donors (Lipinski definition) is 2. The van der Waals surface area contributed by atoms with E-state index in [9.17, 15) is 0 Å². The van der Waals surface area contributed by atoms with E-state index in [2.05, 4.69) is 38.0 Å². The molecule has 0 spiro atoms. The van der Waals surface area contributed by atoms with E-state index < -0.39 is 0 Å². The van der Waals surface area contributed by atoms with Crippen LogP contribution in [-0.2, 0) is 13.6 Å². The number of rotatable bonds is 2. The zero-order valence-corrected chi connectivity index (χ0v) is 11.5. The average molecular weight is 305 g/mol. The lowest BCUT2D eigenvalue weighted by Gasteiger charge is -2.00. The molecule has 3 aromatic rings. The van der Waals surface area contributed by atoms with Crippen molar-refractivity contribution in [3.05, 3.63) is 40.8 Å². The van der Waals surface area contributed by atoms with Gasteiger partial charge in [-0.2, -0.15) is 0 Å². The summed E-state index contributed by atoms with van der Waals surface area (Å²) in [4.78, 5) is 7.85. The lowest BCUT2D eigenvalue weighted by Crippen LogP contribution is -1.97. The molecule has 4 nitrogen and oxygen atoms in total. The van der Waals surface area contributed by atoms with Crippen molar-refractivity contribution in [2.75, 3.05) is 0 Å². The maximum Gasteiger partial charge on any atom is 0.143 e. The number of nitrogens with zero attached hydrogens (tertiary/aromatic N) is 2. The molecule has 0 radical (unpaired) electrons. The van der Waals surface area contributed by atoms with Gasteiger partial charge in [-0.3, -0.25) is 0 Å². The summed E-state index contributed by atoms with van der Waals surface area (Å²) in [6.07, 6.45) is 1.99. The van der Waals surface area contributed by atoms with E-state index in [0.29, 0.717) is 6.54 Å². The number of nitrogens with two attached hydrogens (primary N) is 1. The molecule has 0 atom stereocenters. The molecule has 0 bridgehead atoms. The molecule has 0 aliphatic heterocycles. The Morgan fingerprint density at radius 3 is 2.89 bits per heavy atom. The molecule has 3 rings (SSSR count). The number of fused-ring (bicyclic) bond motifs is 1. The van der Waals surface area contributed by atoms with Crippen molar-refractivity contribution in [1.29, 1.82) is 0 Å². The Morgan fingerprint density at radius 2 is 2.17 bits per heavy atom. The van der Waals surface area contributed by atoms with Crippen molar-refractivity contribution in [1.82, 2.24) is 14.5 Å². The minimum Gasteiger partial charge on any atom is -0.360 e. The summed E-state index contributed by atoms with van der Waals surface area (Å²) >= 11 is 3.52. The first-order valence-electron chi connectivity index (χ1n) is 5.70. The lowest BCUT2D eigenvalue weighted by atomic mass is 10.1. The van der Waals surface area contributed by atoms with Gasteiger partial charge in [0.25, 0.3) is 0 Å². The van der Waals surface area contributed by atoms with E-state index >= 15 is 0 Å². The van der Waals surface area contributed by atoms with Crippen molar-refractivity contribution in [3.8, 4) is 11.4 Å². The summed E-state index contributed by atoms with van der Waals surface area (Å²) < 4.78 is 2.95. The number of benzene rings is 1. The number of imidazole rings is 1. The van der Waals surface area contributed by atoms with Crippen LogP contribution < -0.4 is 5.73 Å². The van der Waals surface area contributed by atoms with Gasteiger partial charge in [-0.15, -0.1) is 0 Å². The zero-order valence-electron chi connectivity index (χ0n) is 9.94. The van der Waals surface area contributed by atoms with Crippen LogP contribution in [0.4, 0.5) is 0 Å².